The van der Waals surface area contributed by atoms with Gasteiger partial charge in [0.1, 0.15) is 0 Å². The minimum Gasteiger partial charge on any atom is -0.369 e. The first-order chi connectivity index (χ1) is 9.66. The average Bonchev–Trinajstić information content (AvgIpc) is 2.84. The molecule has 2 N–H and O–H groups in total. The summed E-state index contributed by atoms with van der Waals surface area (Å²) in [7, 11) is 0. The molecule has 0 saturated carbocycles. The van der Waals surface area contributed by atoms with Gasteiger partial charge in [0.05, 0.1) is 12.6 Å². The maximum absolute atomic E-state index is 6.34. The minimum absolute atomic E-state index is 0.0300. The van der Waals surface area contributed by atoms with Gasteiger partial charge in [0.25, 0.3) is 0 Å². The standard InChI is InChI=1S/C15H13BrClN3/c16-10-6-7-13(17)12(8-10)14-9-19-15(18)20(14)11-4-2-1-3-5-11/h1-8,14H,9H2,(H2,18,19). The van der Waals surface area contributed by atoms with Crippen molar-refractivity contribution >= 4 is 39.2 Å². The number of hydrogen-bond donors (Lipinski definition) is 1. The number of guanidine groups is 1. The number of nitrogens with zero attached hydrogens (tertiary/aromatic N) is 2. The van der Waals surface area contributed by atoms with Gasteiger partial charge in [0.2, 0.25) is 0 Å². The second kappa shape index (κ2) is 5.46. The van der Waals surface area contributed by atoms with E-state index in [1.807, 2.05) is 53.4 Å². The molecule has 5 heteroatoms. The molecule has 1 atom stereocenters. The lowest BCUT2D eigenvalue weighted by atomic mass is 10.1. The quantitative estimate of drug-likeness (QED) is 0.890. The third kappa shape index (κ3) is 2.41. The Morgan fingerprint density at radius 3 is 2.70 bits per heavy atom. The molecule has 1 aliphatic heterocycles. The van der Waals surface area contributed by atoms with E-state index in [9.17, 15) is 0 Å². The summed E-state index contributed by atoms with van der Waals surface area (Å²) < 4.78 is 0.996. The Kier molecular flexibility index (Phi) is 3.68. The van der Waals surface area contributed by atoms with Crippen molar-refractivity contribution in [2.45, 2.75) is 6.04 Å². The van der Waals surface area contributed by atoms with Gasteiger partial charge < -0.3 is 10.6 Å². The van der Waals surface area contributed by atoms with Crippen molar-refractivity contribution in [2.75, 3.05) is 11.4 Å². The lowest BCUT2D eigenvalue weighted by Crippen LogP contribution is -2.36. The van der Waals surface area contributed by atoms with Gasteiger partial charge in [-0.2, -0.15) is 0 Å². The normalized spacial score (nSPS) is 18.2. The summed E-state index contributed by atoms with van der Waals surface area (Å²) in [5, 5.41) is 0.726. The van der Waals surface area contributed by atoms with E-state index in [0.717, 1.165) is 20.7 Å². The molecule has 102 valence electrons. The third-order valence-electron chi connectivity index (χ3n) is 3.34. The molecule has 0 fully saturated rings. The Morgan fingerprint density at radius 2 is 1.95 bits per heavy atom. The highest BCUT2D eigenvalue weighted by Gasteiger charge is 2.30. The van der Waals surface area contributed by atoms with Crippen molar-refractivity contribution in [3.8, 4) is 0 Å². The summed E-state index contributed by atoms with van der Waals surface area (Å²) in [4.78, 5) is 6.39. The Hall–Kier alpha value is -1.52. The minimum atomic E-state index is 0.0300. The number of aliphatic imine (C=N–C) groups is 1. The zero-order valence-corrected chi connectivity index (χ0v) is 13.0. The Balaban J connectivity index is 2.04. The smallest absolute Gasteiger partial charge is 0.196 e. The van der Waals surface area contributed by atoms with Crippen LogP contribution in [0.25, 0.3) is 0 Å². The number of para-hydroxylation sites is 1. The van der Waals surface area contributed by atoms with E-state index in [1.165, 1.54) is 0 Å². The second-order valence-corrected chi connectivity index (χ2v) is 5.91. The molecular formula is C15H13BrClN3. The van der Waals surface area contributed by atoms with E-state index < -0.39 is 0 Å². The lowest BCUT2D eigenvalue weighted by Gasteiger charge is -2.27. The summed E-state index contributed by atoms with van der Waals surface area (Å²) >= 11 is 9.83. The first-order valence-corrected chi connectivity index (χ1v) is 7.43. The van der Waals surface area contributed by atoms with Gasteiger partial charge in [-0.05, 0) is 35.9 Å². The van der Waals surface area contributed by atoms with Crippen molar-refractivity contribution in [3.63, 3.8) is 0 Å². The zero-order valence-electron chi connectivity index (χ0n) is 10.6. The highest BCUT2D eigenvalue weighted by atomic mass is 79.9. The summed E-state index contributed by atoms with van der Waals surface area (Å²) in [6.07, 6.45) is 0. The summed E-state index contributed by atoms with van der Waals surface area (Å²) in [6.45, 7) is 0.608. The SMILES string of the molecule is NC1=NCC(c2cc(Br)ccc2Cl)N1c1ccccc1. The molecule has 1 unspecified atom stereocenters. The van der Waals surface area contributed by atoms with Crippen LogP contribution >= 0.6 is 27.5 Å². The van der Waals surface area contributed by atoms with Gasteiger partial charge in [0, 0.05) is 15.2 Å². The molecule has 2 aromatic carbocycles. The van der Waals surface area contributed by atoms with Crippen LogP contribution in [0.4, 0.5) is 5.69 Å². The monoisotopic (exact) mass is 349 g/mol. The van der Waals surface area contributed by atoms with Gasteiger partial charge >= 0.3 is 0 Å². The van der Waals surface area contributed by atoms with Crippen molar-refractivity contribution < 1.29 is 0 Å². The average molecular weight is 351 g/mol. The molecule has 3 rings (SSSR count). The van der Waals surface area contributed by atoms with Crippen LogP contribution < -0.4 is 10.6 Å². The molecule has 0 radical (unpaired) electrons. The molecule has 1 aliphatic rings. The molecule has 0 spiro atoms. The number of anilines is 1. The molecule has 2 aromatic rings. The first kappa shape index (κ1) is 13.5. The summed E-state index contributed by atoms with van der Waals surface area (Å²) in [5.74, 6) is 0.525. The molecule has 0 aromatic heterocycles. The number of halogens is 2. The predicted octanol–water partition coefficient (Wildman–Crippen LogP) is 3.98. The van der Waals surface area contributed by atoms with E-state index in [2.05, 4.69) is 20.9 Å². The van der Waals surface area contributed by atoms with E-state index >= 15 is 0 Å². The molecule has 1 heterocycles. The van der Waals surface area contributed by atoms with Gasteiger partial charge in [-0.1, -0.05) is 45.7 Å². The Bertz CT molecular complexity index is 657. The number of benzene rings is 2. The molecule has 0 bridgehead atoms. The van der Waals surface area contributed by atoms with Crippen molar-refractivity contribution in [1.29, 1.82) is 0 Å². The van der Waals surface area contributed by atoms with Crippen molar-refractivity contribution in [3.05, 3.63) is 63.6 Å². The number of hydrogen-bond acceptors (Lipinski definition) is 3. The first-order valence-electron chi connectivity index (χ1n) is 6.26. The lowest BCUT2D eigenvalue weighted by molar-refractivity contribution is 0.768. The third-order valence-corrected chi connectivity index (χ3v) is 4.17. The van der Waals surface area contributed by atoms with Crippen molar-refractivity contribution in [2.24, 2.45) is 10.7 Å². The molecule has 0 aliphatic carbocycles. The fraction of sp³-hybridized carbons (Fsp3) is 0.133. The van der Waals surface area contributed by atoms with Crippen molar-refractivity contribution in [1.82, 2.24) is 0 Å². The Labute approximate surface area is 131 Å². The molecule has 0 amide bonds. The molecular weight excluding hydrogens is 338 g/mol. The summed E-state index contributed by atoms with van der Waals surface area (Å²) in [6, 6.07) is 15.9. The van der Waals surface area contributed by atoms with Gasteiger partial charge in [-0.25, -0.2) is 0 Å². The molecule has 3 nitrogen and oxygen atoms in total. The van der Waals surface area contributed by atoms with Crippen LogP contribution in [0.2, 0.25) is 5.02 Å². The fourth-order valence-electron chi connectivity index (χ4n) is 2.41. The largest absolute Gasteiger partial charge is 0.369 e. The van der Waals surface area contributed by atoms with Crippen LogP contribution in [0, 0.1) is 0 Å². The van der Waals surface area contributed by atoms with Gasteiger partial charge in [-0.15, -0.1) is 0 Å². The maximum atomic E-state index is 6.34. The zero-order chi connectivity index (χ0) is 14.1. The predicted molar refractivity (Wildman–Crippen MR) is 87.3 cm³/mol. The van der Waals surface area contributed by atoms with Gasteiger partial charge in [-0.3, -0.25) is 4.99 Å². The Morgan fingerprint density at radius 1 is 1.20 bits per heavy atom. The number of rotatable bonds is 2. The van der Waals surface area contributed by atoms with E-state index in [1.54, 1.807) is 0 Å². The molecule has 20 heavy (non-hydrogen) atoms. The van der Waals surface area contributed by atoms with E-state index in [0.29, 0.717) is 12.5 Å². The maximum Gasteiger partial charge on any atom is 0.196 e. The van der Waals surface area contributed by atoms with E-state index in [4.69, 9.17) is 17.3 Å². The summed E-state index contributed by atoms with van der Waals surface area (Å²) in [5.41, 5.74) is 8.09. The van der Waals surface area contributed by atoms with Crippen LogP contribution in [-0.2, 0) is 0 Å². The second-order valence-electron chi connectivity index (χ2n) is 4.59. The van der Waals surface area contributed by atoms with Crippen LogP contribution in [-0.4, -0.2) is 12.5 Å². The van der Waals surface area contributed by atoms with Crippen LogP contribution in [0.1, 0.15) is 11.6 Å². The highest BCUT2D eigenvalue weighted by molar-refractivity contribution is 9.10. The van der Waals surface area contributed by atoms with Crippen LogP contribution in [0.15, 0.2) is 58.0 Å². The molecule has 0 saturated heterocycles. The van der Waals surface area contributed by atoms with Gasteiger partial charge in [0.15, 0.2) is 5.96 Å². The fourth-order valence-corrected chi connectivity index (χ4v) is 3.03. The number of nitrogens with two attached hydrogens (primary N) is 1. The highest BCUT2D eigenvalue weighted by Crippen LogP contribution is 2.35. The topological polar surface area (TPSA) is 41.6 Å². The van der Waals surface area contributed by atoms with Crippen LogP contribution in [0.3, 0.4) is 0 Å². The van der Waals surface area contributed by atoms with Crippen LogP contribution in [0.5, 0.6) is 0 Å². The van der Waals surface area contributed by atoms with E-state index in [-0.39, 0.29) is 6.04 Å².